The van der Waals surface area contributed by atoms with E-state index < -0.39 is 0 Å². The minimum absolute atomic E-state index is 0.736. The first-order chi connectivity index (χ1) is 16.2. The summed E-state index contributed by atoms with van der Waals surface area (Å²) in [5.41, 5.74) is 12.7. The van der Waals surface area contributed by atoms with Crippen molar-refractivity contribution >= 4 is 39.1 Å². The highest BCUT2D eigenvalue weighted by atomic mass is 14.9. The standard InChI is InChI=1S/C28H43N5/c1-3-5-7-9-11-13-17-30-22-15-16-24-26(19-22)33-27-20-23(29)25(21-28(27)32-24)31-18-14-12-10-8-6-4-2/h15-16,19-21,30-31H,3-14,17-18,29H2,1-2H3. The summed E-state index contributed by atoms with van der Waals surface area (Å²) in [4.78, 5) is 9.70. The summed E-state index contributed by atoms with van der Waals surface area (Å²) in [7, 11) is 0. The zero-order valence-electron chi connectivity index (χ0n) is 20.8. The van der Waals surface area contributed by atoms with Crippen LogP contribution in [0.3, 0.4) is 0 Å². The van der Waals surface area contributed by atoms with Crippen molar-refractivity contribution in [1.29, 1.82) is 0 Å². The molecule has 33 heavy (non-hydrogen) atoms. The van der Waals surface area contributed by atoms with Crippen LogP contribution in [0.5, 0.6) is 0 Å². The topological polar surface area (TPSA) is 75.9 Å². The molecule has 2 aromatic carbocycles. The van der Waals surface area contributed by atoms with Crippen molar-refractivity contribution in [3.8, 4) is 0 Å². The zero-order valence-corrected chi connectivity index (χ0v) is 20.8. The van der Waals surface area contributed by atoms with E-state index in [4.69, 9.17) is 15.7 Å². The molecule has 1 aromatic heterocycles. The van der Waals surface area contributed by atoms with E-state index in [1.807, 2.05) is 12.1 Å². The van der Waals surface area contributed by atoms with E-state index in [9.17, 15) is 0 Å². The number of nitrogens with two attached hydrogens (primary N) is 1. The van der Waals surface area contributed by atoms with E-state index in [2.05, 4.69) is 42.7 Å². The molecule has 0 fully saturated rings. The van der Waals surface area contributed by atoms with Crippen molar-refractivity contribution in [2.24, 2.45) is 0 Å². The summed E-state index contributed by atoms with van der Waals surface area (Å²) in [6.07, 6.45) is 15.6. The van der Waals surface area contributed by atoms with E-state index in [0.717, 1.165) is 52.2 Å². The van der Waals surface area contributed by atoms with Gasteiger partial charge in [-0.15, -0.1) is 0 Å². The molecule has 0 amide bonds. The highest BCUT2D eigenvalue weighted by Gasteiger charge is 2.07. The Kier molecular flexibility index (Phi) is 10.5. The number of nitrogen functional groups attached to an aromatic ring is 1. The quantitative estimate of drug-likeness (QED) is 0.118. The van der Waals surface area contributed by atoms with E-state index >= 15 is 0 Å². The number of hydrogen-bond acceptors (Lipinski definition) is 5. The number of nitrogens with zero attached hydrogens (tertiary/aromatic N) is 2. The molecule has 4 N–H and O–H groups in total. The second kappa shape index (κ2) is 13.9. The molecule has 0 saturated carbocycles. The van der Waals surface area contributed by atoms with E-state index in [0.29, 0.717) is 0 Å². The molecule has 0 unspecified atom stereocenters. The second-order valence-corrected chi connectivity index (χ2v) is 9.24. The molecule has 3 aromatic rings. The SMILES string of the molecule is CCCCCCCCNc1ccc2nc3cc(NCCCCCCCC)c(N)cc3nc2c1. The minimum Gasteiger partial charge on any atom is -0.397 e. The molecule has 0 aliphatic carbocycles. The summed E-state index contributed by atoms with van der Waals surface area (Å²) in [6.45, 7) is 6.45. The number of rotatable bonds is 16. The van der Waals surface area contributed by atoms with Crippen LogP contribution >= 0.6 is 0 Å². The van der Waals surface area contributed by atoms with Gasteiger partial charge in [0.05, 0.1) is 33.4 Å². The van der Waals surface area contributed by atoms with Crippen LogP contribution in [0.1, 0.15) is 90.9 Å². The Morgan fingerprint density at radius 3 is 1.85 bits per heavy atom. The molecule has 5 heteroatoms. The number of anilines is 3. The molecular formula is C28H43N5. The first kappa shape index (κ1) is 25.1. The maximum absolute atomic E-state index is 6.32. The fourth-order valence-electron chi connectivity index (χ4n) is 4.27. The summed E-state index contributed by atoms with van der Waals surface area (Å²) in [5.74, 6) is 0. The zero-order chi connectivity index (χ0) is 23.3. The molecule has 0 atom stereocenters. The van der Waals surface area contributed by atoms with Gasteiger partial charge < -0.3 is 16.4 Å². The number of benzene rings is 2. The van der Waals surface area contributed by atoms with Crippen LogP contribution in [0.15, 0.2) is 30.3 Å². The molecule has 0 radical (unpaired) electrons. The van der Waals surface area contributed by atoms with Crippen LogP contribution in [-0.4, -0.2) is 23.1 Å². The van der Waals surface area contributed by atoms with Gasteiger partial charge in [-0.1, -0.05) is 78.1 Å². The predicted octanol–water partition coefficient (Wildman–Crippen LogP) is 7.91. The number of unbranched alkanes of at least 4 members (excludes halogenated alkanes) is 10. The van der Waals surface area contributed by atoms with Gasteiger partial charge in [0.1, 0.15) is 0 Å². The maximum atomic E-state index is 6.32. The fourth-order valence-corrected chi connectivity index (χ4v) is 4.27. The number of fused-ring (bicyclic) bond motifs is 2. The minimum atomic E-state index is 0.736. The molecule has 0 aliphatic heterocycles. The van der Waals surface area contributed by atoms with Gasteiger partial charge in [-0.3, -0.25) is 0 Å². The molecular weight excluding hydrogens is 406 g/mol. The van der Waals surface area contributed by atoms with Crippen molar-refractivity contribution in [2.75, 3.05) is 29.5 Å². The van der Waals surface area contributed by atoms with Crippen LogP contribution in [0.25, 0.3) is 22.1 Å². The fraction of sp³-hybridized carbons (Fsp3) is 0.571. The highest BCUT2D eigenvalue weighted by molar-refractivity contribution is 5.92. The third-order valence-corrected chi connectivity index (χ3v) is 6.31. The van der Waals surface area contributed by atoms with Gasteiger partial charge in [0.15, 0.2) is 0 Å². The van der Waals surface area contributed by atoms with Gasteiger partial charge in [0.25, 0.3) is 0 Å². The van der Waals surface area contributed by atoms with E-state index in [1.165, 1.54) is 77.0 Å². The average molecular weight is 450 g/mol. The summed E-state index contributed by atoms with van der Waals surface area (Å²) < 4.78 is 0. The van der Waals surface area contributed by atoms with Crippen molar-refractivity contribution in [3.63, 3.8) is 0 Å². The molecule has 3 rings (SSSR count). The summed E-state index contributed by atoms with van der Waals surface area (Å²) >= 11 is 0. The summed E-state index contributed by atoms with van der Waals surface area (Å²) in [5, 5.41) is 7.03. The van der Waals surface area contributed by atoms with Gasteiger partial charge in [-0.05, 0) is 43.2 Å². The van der Waals surface area contributed by atoms with Gasteiger partial charge >= 0.3 is 0 Å². The smallest absolute Gasteiger partial charge is 0.0916 e. The third kappa shape index (κ3) is 8.06. The van der Waals surface area contributed by atoms with E-state index in [-0.39, 0.29) is 0 Å². The maximum Gasteiger partial charge on any atom is 0.0916 e. The average Bonchev–Trinajstić information content (AvgIpc) is 2.82. The molecule has 0 aliphatic rings. The Bertz CT molecular complexity index is 985. The first-order valence-electron chi connectivity index (χ1n) is 13.2. The number of nitrogens with one attached hydrogen (secondary N) is 2. The molecule has 1 heterocycles. The normalized spacial score (nSPS) is 11.3. The number of aromatic nitrogens is 2. The van der Waals surface area contributed by atoms with Crippen LogP contribution in [0.2, 0.25) is 0 Å². The highest BCUT2D eigenvalue weighted by Crippen LogP contribution is 2.27. The largest absolute Gasteiger partial charge is 0.397 e. The van der Waals surface area contributed by atoms with Crippen molar-refractivity contribution in [3.05, 3.63) is 30.3 Å². The molecule has 0 saturated heterocycles. The second-order valence-electron chi connectivity index (χ2n) is 9.24. The lowest BCUT2D eigenvalue weighted by molar-refractivity contribution is 0.617. The molecule has 0 bridgehead atoms. The third-order valence-electron chi connectivity index (χ3n) is 6.31. The monoisotopic (exact) mass is 449 g/mol. The van der Waals surface area contributed by atoms with Crippen molar-refractivity contribution in [2.45, 2.75) is 90.9 Å². The van der Waals surface area contributed by atoms with Crippen LogP contribution < -0.4 is 16.4 Å². The lowest BCUT2D eigenvalue weighted by Gasteiger charge is -2.11. The Labute approximate surface area is 200 Å². The van der Waals surface area contributed by atoms with Crippen LogP contribution in [-0.2, 0) is 0 Å². The van der Waals surface area contributed by atoms with Crippen LogP contribution in [0, 0.1) is 0 Å². The lowest BCUT2D eigenvalue weighted by atomic mass is 10.1. The van der Waals surface area contributed by atoms with Gasteiger partial charge in [-0.2, -0.15) is 0 Å². The van der Waals surface area contributed by atoms with Gasteiger partial charge in [0, 0.05) is 18.8 Å². The van der Waals surface area contributed by atoms with Gasteiger partial charge in [0.2, 0.25) is 0 Å². The van der Waals surface area contributed by atoms with Crippen LogP contribution in [0.4, 0.5) is 17.1 Å². The first-order valence-corrected chi connectivity index (χ1v) is 13.2. The van der Waals surface area contributed by atoms with Crippen molar-refractivity contribution in [1.82, 2.24) is 9.97 Å². The molecule has 180 valence electrons. The van der Waals surface area contributed by atoms with E-state index in [1.54, 1.807) is 0 Å². The summed E-state index contributed by atoms with van der Waals surface area (Å²) in [6, 6.07) is 10.3. The Morgan fingerprint density at radius 2 is 1.15 bits per heavy atom. The molecule has 0 spiro atoms. The Balaban J connectivity index is 1.56. The number of hydrogen-bond donors (Lipinski definition) is 3. The van der Waals surface area contributed by atoms with Gasteiger partial charge in [-0.25, -0.2) is 9.97 Å². The molecule has 5 nitrogen and oxygen atoms in total. The Morgan fingerprint density at radius 1 is 0.606 bits per heavy atom. The Hall–Kier alpha value is -2.56. The lowest BCUT2D eigenvalue weighted by Crippen LogP contribution is -2.05. The van der Waals surface area contributed by atoms with Crippen molar-refractivity contribution < 1.29 is 0 Å². The predicted molar refractivity (Wildman–Crippen MR) is 145 cm³/mol.